The van der Waals surface area contributed by atoms with Crippen LogP contribution >= 0.6 is 35.3 Å². The van der Waals surface area contributed by atoms with Crippen molar-refractivity contribution in [1.29, 1.82) is 0 Å². The zero-order chi connectivity index (χ0) is 16.8. The Morgan fingerprint density at radius 1 is 1.30 bits per heavy atom. The van der Waals surface area contributed by atoms with Gasteiger partial charge in [0.15, 0.2) is 5.96 Å². The highest BCUT2D eigenvalue weighted by molar-refractivity contribution is 14.0. The van der Waals surface area contributed by atoms with E-state index in [-0.39, 0.29) is 29.5 Å². The van der Waals surface area contributed by atoms with E-state index in [2.05, 4.69) is 48.5 Å². The second-order valence-electron chi connectivity index (χ2n) is 6.54. The normalized spacial score (nSPS) is 15.0. The number of nitrogens with one attached hydrogen (secondary N) is 2. The minimum Gasteiger partial charge on any atom is -0.384 e. The molecular weight excluding hydrogens is 423 g/mol. The van der Waals surface area contributed by atoms with E-state index in [0.717, 1.165) is 18.1 Å². The monoisotopic (exact) mass is 454 g/mol. The van der Waals surface area contributed by atoms with Crippen LogP contribution in [0.5, 0.6) is 0 Å². The molecule has 0 aromatic carbocycles. The third-order valence-electron chi connectivity index (χ3n) is 3.92. The van der Waals surface area contributed by atoms with Crippen LogP contribution in [0.2, 0.25) is 0 Å². The summed E-state index contributed by atoms with van der Waals surface area (Å²) in [6, 6.07) is 1.95. The topological polar surface area (TPSA) is 59.9 Å². The summed E-state index contributed by atoms with van der Waals surface area (Å²) in [6.45, 7) is 10.0. The Kier molecular flexibility index (Phi) is 9.64. The quantitative estimate of drug-likeness (QED) is 0.337. The lowest BCUT2D eigenvalue weighted by atomic mass is 9.99. The third kappa shape index (κ3) is 7.36. The molecule has 0 radical (unpaired) electrons. The van der Waals surface area contributed by atoms with Gasteiger partial charge in [-0.2, -0.15) is 11.3 Å². The van der Waals surface area contributed by atoms with Gasteiger partial charge in [-0.05, 0) is 64.2 Å². The van der Waals surface area contributed by atoms with Crippen LogP contribution in [0.3, 0.4) is 0 Å². The Morgan fingerprint density at radius 3 is 2.43 bits per heavy atom. The highest BCUT2D eigenvalue weighted by Crippen LogP contribution is 2.21. The molecule has 0 spiro atoms. The average Bonchev–Trinajstić information content (AvgIpc) is 2.96. The highest BCUT2D eigenvalue weighted by Gasteiger charge is 2.24. The molecule has 0 saturated heterocycles. The van der Waals surface area contributed by atoms with E-state index in [1.54, 1.807) is 11.3 Å². The fourth-order valence-corrected chi connectivity index (χ4v) is 2.47. The summed E-state index contributed by atoms with van der Waals surface area (Å²) in [4.78, 5) is 6.79. The number of aliphatic imine (C=N–C) groups is 1. The van der Waals surface area contributed by atoms with Crippen molar-refractivity contribution in [1.82, 2.24) is 15.5 Å². The lowest BCUT2D eigenvalue weighted by Crippen LogP contribution is -2.46. The van der Waals surface area contributed by atoms with Gasteiger partial charge in [0.05, 0.1) is 13.1 Å². The summed E-state index contributed by atoms with van der Waals surface area (Å²) < 4.78 is 0. The van der Waals surface area contributed by atoms with Gasteiger partial charge in [-0.1, -0.05) is 0 Å². The third-order valence-corrected chi connectivity index (χ3v) is 4.61. The van der Waals surface area contributed by atoms with Crippen molar-refractivity contribution in [2.75, 3.05) is 33.7 Å². The largest absolute Gasteiger partial charge is 0.384 e. The van der Waals surface area contributed by atoms with Gasteiger partial charge in [-0.3, -0.25) is 4.99 Å². The number of halogens is 1. The SMILES string of the molecule is CCNC(=NCC(C)(C)N(C)C)NCC(C)(O)c1ccsc1.I. The van der Waals surface area contributed by atoms with Crippen molar-refractivity contribution in [2.24, 2.45) is 4.99 Å². The molecule has 0 saturated carbocycles. The number of aliphatic hydroxyl groups is 1. The minimum absolute atomic E-state index is 0. The number of guanidine groups is 1. The van der Waals surface area contributed by atoms with Gasteiger partial charge in [-0.25, -0.2) is 0 Å². The second-order valence-corrected chi connectivity index (χ2v) is 7.32. The molecule has 1 atom stereocenters. The van der Waals surface area contributed by atoms with E-state index in [1.807, 2.05) is 30.7 Å². The Morgan fingerprint density at radius 2 is 1.96 bits per heavy atom. The molecule has 0 aliphatic heterocycles. The Labute approximate surface area is 161 Å². The second kappa shape index (κ2) is 9.80. The van der Waals surface area contributed by atoms with Gasteiger partial charge >= 0.3 is 0 Å². The predicted octanol–water partition coefficient (Wildman–Crippen LogP) is 2.47. The van der Waals surface area contributed by atoms with Crippen LogP contribution in [0.4, 0.5) is 0 Å². The van der Waals surface area contributed by atoms with Gasteiger partial charge in [0, 0.05) is 12.1 Å². The van der Waals surface area contributed by atoms with Crippen molar-refractivity contribution in [3.63, 3.8) is 0 Å². The van der Waals surface area contributed by atoms with Gasteiger partial charge in [0.1, 0.15) is 5.60 Å². The smallest absolute Gasteiger partial charge is 0.191 e. The van der Waals surface area contributed by atoms with Crippen molar-refractivity contribution < 1.29 is 5.11 Å². The lowest BCUT2D eigenvalue weighted by molar-refractivity contribution is 0.0621. The first-order valence-corrected chi connectivity index (χ1v) is 8.58. The highest BCUT2D eigenvalue weighted by atomic mass is 127. The van der Waals surface area contributed by atoms with Crippen LogP contribution in [0.1, 0.15) is 33.3 Å². The zero-order valence-electron chi connectivity index (χ0n) is 15.0. The summed E-state index contributed by atoms with van der Waals surface area (Å²) in [7, 11) is 4.11. The van der Waals surface area contributed by atoms with Crippen molar-refractivity contribution in [3.8, 4) is 0 Å². The van der Waals surface area contributed by atoms with Crippen molar-refractivity contribution in [2.45, 2.75) is 38.8 Å². The number of nitrogens with zero attached hydrogens (tertiary/aromatic N) is 2. The van der Waals surface area contributed by atoms with Crippen LogP contribution in [0, 0.1) is 0 Å². The number of rotatable bonds is 7. The fraction of sp³-hybridized carbons (Fsp3) is 0.688. The van der Waals surface area contributed by atoms with E-state index >= 15 is 0 Å². The fourth-order valence-electron chi connectivity index (χ4n) is 1.68. The molecule has 3 N–H and O–H groups in total. The Hall–Kier alpha value is -0.380. The molecule has 5 nitrogen and oxygen atoms in total. The van der Waals surface area contributed by atoms with Crippen molar-refractivity contribution >= 4 is 41.3 Å². The lowest BCUT2D eigenvalue weighted by Gasteiger charge is -2.31. The summed E-state index contributed by atoms with van der Waals surface area (Å²) >= 11 is 1.59. The standard InChI is InChI=1S/C16H30N4OS.HI/c1-7-17-14(18-11-15(2,3)20(5)6)19-12-16(4,21)13-8-9-22-10-13;/h8-10,21H,7,11-12H2,1-6H3,(H2,17,18,19);1H. The van der Waals surface area contributed by atoms with Gasteiger partial charge in [0.25, 0.3) is 0 Å². The molecular formula is C16H31IN4OS. The van der Waals surface area contributed by atoms with E-state index in [0.29, 0.717) is 13.1 Å². The molecule has 0 amide bonds. The number of hydrogen-bond acceptors (Lipinski definition) is 4. The van der Waals surface area contributed by atoms with Crippen LogP contribution in [-0.4, -0.2) is 55.2 Å². The molecule has 0 aliphatic carbocycles. The van der Waals surface area contributed by atoms with E-state index < -0.39 is 5.60 Å². The first-order chi connectivity index (χ1) is 10.2. The van der Waals surface area contributed by atoms with Gasteiger partial charge in [0.2, 0.25) is 0 Å². The average molecular weight is 454 g/mol. The van der Waals surface area contributed by atoms with E-state index in [1.165, 1.54) is 0 Å². The van der Waals surface area contributed by atoms with Gasteiger partial charge in [-0.15, -0.1) is 24.0 Å². The summed E-state index contributed by atoms with van der Waals surface area (Å²) in [6.07, 6.45) is 0. The zero-order valence-corrected chi connectivity index (χ0v) is 18.2. The summed E-state index contributed by atoms with van der Waals surface area (Å²) in [5.74, 6) is 0.730. The molecule has 23 heavy (non-hydrogen) atoms. The minimum atomic E-state index is -0.909. The molecule has 1 heterocycles. The molecule has 0 bridgehead atoms. The molecule has 1 rings (SSSR count). The number of thiophene rings is 1. The molecule has 1 aromatic heterocycles. The van der Waals surface area contributed by atoms with Crippen LogP contribution < -0.4 is 10.6 Å². The summed E-state index contributed by atoms with van der Waals surface area (Å²) in [5.41, 5.74) is 0.000320. The first kappa shape index (κ1) is 22.6. The van der Waals surface area contributed by atoms with Crippen LogP contribution in [0.15, 0.2) is 21.8 Å². The maximum atomic E-state index is 10.6. The van der Waals surface area contributed by atoms with Crippen LogP contribution in [0.25, 0.3) is 0 Å². The molecule has 1 unspecified atom stereocenters. The van der Waals surface area contributed by atoms with E-state index in [4.69, 9.17) is 0 Å². The predicted molar refractivity (Wildman–Crippen MR) is 111 cm³/mol. The molecule has 0 aliphatic rings. The maximum Gasteiger partial charge on any atom is 0.191 e. The molecule has 134 valence electrons. The van der Waals surface area contributed by atoms with E-state index in [9.17, 15) is 5.11 Å². The molecule has 0 fully saturated rings. The molecule has 7 heteroatoms. The first-order valence-electron chi connectivity index (χ1n) is 7.63. The van der Waals surface area contributed by atoms with Gasteiger partial charge < -0.3 is 20.6 Å². The van der Waals surface area contributed by atoms with Crippen LogP contribution in [-0.2, 0) is 5.60 Å². The van der Waals surface area contributed by atoms with Crippen molar-refractivity contribution in [3.05, 3.63) is 22.4 Å². The maximum absolute atomic E-state index is 10.6. The molecule has 1 aromatic rings. The summed E-state index contributed by atoms with van der Waals surface area (Å²) in [5, 5.41) is 21.0. The Bertz CT molecular complexity index is 472. The number of likely N-dealkylation sites (N-methyl/N-ethyl adjacent to an activating group) is 1. The number of hydrogen-bond donors (Lipinski definition) is 3. The Balaban J connectivity index is 0.00000484.